The number of halogens is 1. The molecule has 130 valence electrons. The number of carbonyl (C=O) groups is 2. The van der Waals surface area contributed by atoms with Gasteiger partial charge in [0.1, 0.15) is 11.8 Å². The van der Waals surface area contributed by atoms with Gasteiger partial charge in [-0.05, 0) is 24.6 Å². The van der Waals surface area contributed by atoms with E-state index in [0.29, 0.717) is 18.2 Å². The van der Waals surface area contributed by atoms with E-state index in [-0.39, 0.29) is 29.4 Å². The first kappa shape index (κ1) is 17.3. The second-order valence-electron chi connectivity index (χ2n) is 5.78. The van der Waals surface area contributed by atoms with Crippen molar-refractivity contribution in [3.8, 4) is 0 Å². The molecule has 8 heteroatoms. The van der Waals surface area contributed by atoms with Crippen LogP contribution >= 0.6 is 11.6 Å². The molecule has 2 aromatic rings. The van der Waals surface area contributed by atoms with Gasteiger partial charge in [-0.1, -0.05) is 23.7 Å². The van der Waals surface area contributed by atoms with Crippen LogP contribution < -0.4 is 0 Å². The molecule has 1 saturated heterocycles. The third kappa shape index (κ3) is 3.78. The van der Waals surface area contributed by atoms with Gasteiger partial charge in [-0.25, -0.2) is 14.8 Å². The van der Waals surface area contributed by atoms with Crippen LogP contribution in [0.3, 0.4) is 0 Å². The summed E-state index contributed by atoms with van der Waals surface area (Å²) in [5.41, 5.74) is 0.788. The molecule has 2 unspecified atom stereocenters. The Bertz CT molecular complexity index is 797. The van der Waals surface area contributed by atoms with Gasteiger partial charge in [0.15, 0.2) is 5.69 Å². The van der Waals surface area contributed by atoms with E-state index < -0.39 is 5.97 Å². The van der Waals surface area contributed by atoms with E-state index in [1.54, 1.807) is 11.0 Å². The van der Waals surface area contributed by atoms with Crippen molar-refractivity contribution in [1.82, 2.24) is 14.9 Å². The minimum atomic E-state index is -1.19. The van der Waals surface area contributed by atoms with Crippen LogP contribution in [0, 0.1) is 0 Å². The van der Waals surface area contributed by atoms with Crippen molar-refractivity contribution in [3.05, 3.63) is 58.6 Å². The quantitative estimate of drug-likeness (QED) is 0.902. The lowest BCUT2D eigenvalue weighted by Gasteiger charge is -2.38. The van der Waals surface area contributed by atoms with Crippen LogP contribution in [0.1, 0.15) is 39.6 Å². The van der Waals surface area contributed by atoms with E-state index in [4.69, 9.17) is 21.4 Å². The van der Waals surface area contributed by atoms with Crippen LogP contribution in [-0.4, -0.2) is 51.0 Å². The van der Waals surface area contributed by atoms with Crippen molar-refractivity contribution in [2.24, 2.45) is 0 Å². The molecule has 0 radical (unpaired) electrons. The molecule has 1 N–H and O–H groups in total. The number of amides is 1. The van der Waals surface area contributed by atoms with E-state index in [0.717, 1.165) is 11.8 Å². The molecular formula is C17H16ClN3O4. The lowest BCUT2D eigenvalue weighted by molar-refractivity contribution is -0.0488. The summed E-state index contributed by atoms with van der Waals surface area (Å²) in [5, 5.41) is 9.47. The predicted octanol–water partition coefficient (Wildman–Crippen LogP) is 2.43. The standard InChI is InChI=1S/C17H16ClN3O4/c1-10-9-25-15(11-3-2-4-12(18)5-11)8-21(10)16(22)13-6-20-14(7-19-13)17(23)24/h2-7,10,15H,8-9H2,1H3,(H,23,24). The molecule has 0 spiro atoms. The Morgan fingerprint density at radius 1 is 1.28 bits per heavy atom. The molecule has 7 nitrogen and oxygen atoms in total. The molecule has 25 heavy (non-hydrogen) atoms. The Kier molecular flexibility index (Phi) is 4.96. The van der Waals surface area contributed by atoms with Gasteiger partial charge < -0.3 is 14.7 Å². The molecule has 1 amide bonds. The monoisotopic (exact) mass is 361 g/mol. The maximum Gasteiger partial charge on any atom is 0.356 e. The fourth-order valence-electron chi connectivity index (χ4n) is 2.64. The van der Waals surface area contributed by atoms with Crippen molar-refractivity contribution in [2.45, 2.75) is 19.1 Å². The molecule has 2 heterocycles. The van der Waals surface area contributed by atoms with Gasteiger partial charge in [0, 0.05) is 5.02 Å². The van der Waals surface area contributed by atoms with Crippen molar-refractivity contribution >= 4 is 23.5 Å². The van der Waals surface area contributed by atoms with Gasteiger partial charge in [-0.15, -0.1) is 0 Å². The summed E-state index contributed by atoms with van der Waals surface area (Å²) < 4.78 is 5.83. The van der Waals surface area contributed by atoms with Crippen molar-refractivity contribution in [2.75, 3.05) is 13.2 Å². The third-order valence-corrected chi connectivity index (χ3v) is 4.24. The Morgan fingerprint density at radius 2 is 2.00 bits per heavy atom. The highest BCUT2D eigenvalue weighted by molar-refractivity contribution is 6.30. The number of carbonyl (C=O) groups excluding carboxylic acids is 1. The lowest BCUT2D eigenvalue weighted by Crippen LogP contribution is -2.48. The lowest BCUT2D eigenvalue weighted by atomic mass is 10.1. The first-order valence-electron chi connectivity index (χ1n) is 7.69. The predicted molar refractivity (Wildman–Crippen MR) is 89.6 cm³/mol. The molecular weight excluding hydrogens is 346 g/mol. The summed E-state index contributed by atoms with van der Waals surface area (Å²) in [4.78, 5) is 32.9. The summed E-state index contributed by atoms with van der Waals surface area (Å²) in [6, 6.07) is 7.19. The van der Waals surface area contributed by atoms with Gasteiger partial charge in [-0.2, -0.15) is 0 Å². The minimum Gasteiger partial charge on any atom is -0.476 e. The summed E-state index contributed by atoms with van der Waals surface area (Å²) in [6.07, 6.45) is 1.97. The first-order valence-corrected chi connectivity index (χ1v) is 8.07. The van der Waals surface area contributed by atoms with Crippen LogP contribution in [-0.2, 0) is 4.74 Å². The number of aromatic carboxylic acids is 1. The second kappa shape index (κ2) is 7.16. The minimum absolute atomic E-state index is 0.101. The molecule has 2 atom stereocenters. The van der Waals surface area contributed by atoms with Crippen LogP contribution in [0.15, 0.2) is 36.7 Å². The average molecular weight is 362 g/mol. The van der Waals surface area contributed by atoms with Gasteiger partial charge in [-0.3, -0.25) is 4.79 Å². The molecule has 1 aromatic heterocycles. The molecule has 3 rings (SSSR count). The largest absolute Gasteiger partial charge is 0.476 e. The third-order valence-electron chi connectivity index (χ3n) is 4.00. The second-order valence-corrected chi connectivity index (χ2v) is 6.21. The summed E-state index contributed by atoms with van der Waals surface area (Å²) in [5.74, 6) is -1.50. The maximum absolute atomic E-state index is 12.7. The Labute approximate surface area is 149 Å². The maximum atomic E-state index is 12.7. The summed E-state index contributed by atoms with van der Waals surface area (Å²) >= 11 is 6.03. The molecule has 1 aromatic carbocycles. The molecule has 0 saturated carbocycles. The fraction of sp³-hybridized carbons (Fsp3) is 0.294. The van der Waals surface area contributed by atoms with Crippen molar-refractivity contribution in [3.63, 3.8) is 0 Å². The number of hydrogen-bond donors (Lipinski definition) is 1. The fourth-order valence-corrected chi connectivity index (χ4v) is 2.84. The van der Waals surface area contributed by atoms with Gasteiger partial charge >= 0.3 is 5.97 Å². The van der Waals surface area contributed by atoms with E-state index in [2.05, 4.69) is 9.97 Å². The van der Waals surface area contributed by atoms with Crippen LogP contribution in [0.25, 0.3) is 0 Å². The van der Waals surface area contributed by atoms with Crippen LogP contribution in [0.4, 0.5) is 0 Å². The van der Waals surface area contributed by atoms with E-state index in [1.165, 1.54) is 6.20 Å². The van der Waals surface area contributed by atoms with E-state index in [1.807, 2.05) is 25.1 Å². The zero-order valence-corrected chi connectivity index (χ0v) is 14.2. The van der Waals surface area contributed by atoms with Gasteiger partial charge in [0.25, 0.3) is 5.91 Å². The molecule has 1 aliphatic rings. The van der Waals surface area contributed by atoms with Gasteiger partial charge in [0.05, 0.1) is 31.6 Å². The molecule has 0 aliphatic carbocycles. The number of carboxylic acid groups (broad SMARTS) is 1. The highest BCUT2D eigenvalue weighted by Crippen LogP contribution is 2.27. The number of ether oxygens (including phenoxy) is 1. The van der Waals surface area contributed by atoms with E-state index >= 15 is 0 Å². The molecule has 1 aliphatic heterocycles. The zero-order valence-electron chi connectivity index (χ0n) is 13.4. The van der Waals surface area contributed by atoms with Crippen molar-refractivity contribution in [1.29, 1.82) is 0 Å². The normalized spacial score (nSPS) is 20.3. The number of benzene rings is 1. The average Bonchev–Trinajstić information content (AvgIpc) is 2.61. The Morgan fingerprint density at radius 3 is 2.64 bits per heavy atom. The van der Waals surface area contributed by atoms with Crippen LogP contribution in [0.5, 0.6) is 0 Å². The number of morpholine rings is 1. The highest BCUT2D eigenvalue weighted by atomic mass is 35.5. The van der Waals surface area contributed by atoms with E-state index in [9.17, 15) is 9.59 Å². The SMILES string of the molecule is CC1COC(c2cccc(Cl)c2)CN1C(=O)c1cnc(C(=O)O)cn1. The number of aromatic nitrogens is 2. The van der Waals surface area contributed by atoms with Crippen LogP contribution in [0.2, 0.25) is 5.02 Å². The topological polar surface area (TPSA) is 92.6 Å². The molecule has 1 fully saturated rings. The number of hydrogen-bond acceptors (Lipinski definition) is 5. The Balaban J connectivity index is 1.79. The smallest absolute Gasteiger partial charge is 0.356 e. The number of nitrogens with zero attached hydrogens (tertiary/aromatic N) is 3. The zero-order chi connectivity index (χ0) is 18.0. The Hall–Kier alpha value is -2.51. The first-order chi connectivity index (χ1) is 12.0. The number of rotatable bonds is 3. The summed E-state index contributed by atoms with van der Waals surface area (Å²) in [7, 11) is 0. The number of carboxylic acids is 1. The highest BCUT2D eigenvalue weighted by Gasteiger charge is 2.32. The van der Waals surface area contributed by atoms with Gasteiger partial charge in [0.2, 0.25) is 0 Å². The molecule has 0 bridgehead atoms. The van der Waals surface area contributed by atoms with Crippen molar-refractivity contribution < 1.29 is 19.4 Å². The summed E-state index contributed by atoms with van der Waals surface area (Å²) in [6.45, 7) is 2.61.